The number of rotatable bonds is 9. The number of non-ortho nitro benzene ring substituents is 1. The van der Waals surface area contributed by atoms with Crippen molar-refractivity contribution in [1.29, 1.82) is 0 Å². The fourth-order valence-electron chi connectivity index (χ4n) is 6.13. The van der Waals surface area contributed by atoms with Gasteiger partial charge in [-0.25, -0.2) is 0 Å². The van der Waals surface area contributed by atoms with Crippen molar-refractivity contribution in [3.63, 3.8) is 0 Å². The Hall–Kier alpha value is -2.29. The third kappa shape index (κ3) is 14.9. The zero-order valence-electron chi connectivity index (χ0n) is 33.9. The van der Waals surface area contributed by atoms with Gasteiger partial charge in [0, 0.05) is 78.1 Å². The molecule has 0 saturated carbocycles. The predicted molar refractivity (Wildman–Crippen MR) is 279 cm³/mol. The first kappa shape index (κ1) is 60.3. The van der Waals surface area contributed by atoms with E-state index in [2.05, 4.69) is 74.4 Å². The number of benzene rings is 6. The Labute approximate surface area is 464 Å². The van der Waals surface area contributed by atoms with Crippen LogP contribution >= 0.6 is 137 Å². The predicted octanol–water partition coefficient (Wildman–Crippen LogP) is 16.0. The first-order chi connectivity index (χ1) is 32.3. The Morgan fingerprint density at radius 1 is 0.557 bits per heavy atom. The zero-order chi connectivity index (χ0) is 52.8. The first-order valence-corrected chi connectivity index (χ1v) is 35.7. The molecular formula is C42H25Br4Cl7F6N4O6Sn. The van der Waals surface area contributed by atoms with E-state index in [1.807, 2.05) is 0 Å². The average molecular weight is 1480 g/mol. The molecule has 10 nitrogen and oxygen atoms in total. The van der Waals surface area contributed by atoms with Gasteiger partial charge in [-0.2, -0.15) is 26.3 Å². The van der Waals surface area contributed by atoms with Crippen molar-refractivity contribution in [2.24, 2.45) is 0 Å². The monoisotopic (exact) mass is 1480 g/mol. The molecule has 6 aromatic carbocycles. The number of carbonyl (C=O) groups excluding carboxylic acids is 2. The molecule has 70 heavy (non-hydrogen) atoms. The van der Waals surface area contributed by atoms with E-state index in [4.69, 9.17) is 78.9 Å². The number of nitrogens with two attached hydrogens (primary N) is 1. The number of nitrogens with zero attached hydrogens (tertiary/aromatic N) is 1. The van der Waals surface area contributed by atoms with Gasteiger partial charge in [0.15, 0.2) is 0 Å². The number of nitro groups is 1. The summed E-state index contributed by atoms with van der Waals surface area (Å²) in [5, 5.41) is 37.4. The Morgan fingerprint density at radius 3 is 1.16 bits per heavy atom. The van der Waals surface area contributed by atoms with Gasteiger partial charge in [0.05, 0.1) is 16.3 Å². The Balaban J connectivity index is 0.000000283. The summed E-state index contributed by atoms with van der Waals surface area (Å²) in [4.78, 5) is 35.4. The summed E-state index contributed by atoms with van der Waals surface area (Å²) in [5.41, 5.74) is -3.04. The number of nitro benzene ring substituents is 1. The molecule has 0 radical (unpaired) electrons. The fraction of sp³-hybridized carbons (Fsp3) is 0.0952. The summed E-state index contributed by atoms with van der Waals surface area (Å²) in [5.74, 6) is -1.27. The van der Waals surface area contributed by atoms with Gasteiger partial charge in [-0.1, -0.05) is 58.5 Å². The van der Waals surface area contributed by atoms with E-state index in [1.54, 1.807) is 12.1 Å². The van der Waals surface area contributed by atoms with Crippen molar-refractivity contribution >= 4 is 188 Å². The minimum atomic E-state index is -5.17. The van der Waals surface area contributed by atoms with Gasteiger partial charge in [0.2, 0.25) is 11.2 Å². The van der Waals surface area contributed by atoms with Gasteiger partial charge in [0.25, 0.3) is 17.5 Å². The first-order valence-electron chi connectivity index (χ1n) is 18.4. The van der Waals surface area contributed by atoms with Gasteiger partial charge in [-0.05, 0) is 160 Å². The number of hydrogen-bond donors (Lipinski definition) is 5. The summed E-state index contributed by atoms with van der Waals surface area (Å²) in [6.07, 6.45) is -10.3. The minimum absolute atomic E-state index is 0.00791. The van der Waals surface area contributed by atoms with Crippen molar-refractivity contribution in [2.45, 2.75) is 23.6 Å². The second-order valence-corrected chi connectivity index (χ2v) is 33.8. The van der Waals surface area contributed by atoms with E-state index in [-0.39, 0.29) is 66.2 Å². The molecule has 0 aliphatic heterocycles. The molecule has 0 fully saturated rings. The molecule has 6 rings (SSSR count). The van der Waals surface area contributed by atoms with E-state index in [1.165, 1.54) is 42.5 Å². The molecule has 6 N–H and O–H groups in total. The summed E-state index contributed by atoms with van der Waals surface area (Å²) < 4.78 is 85.0. The van der Waals surface area contributed by atoms with E-state index < -0.39 is 78.9 Å². The van der Waals surface area contributed by atoms with Gasteiger partial charge in [-0.3, -0.25) is 19.7 Å². The second kappa shape index (κ2) is 24.8. The van der Waals surface area contributed by atoms with Crippen LogP contribution in [-0.2, 0) is 11.2 Å². The molecule has 0 aliphatic rings. The number of alkyl halides is 6. The summed E-state index contributed by atoms with van der Waals surface area (Å²) >= 11 is 33.8. The number of anilines is 3. The maximum absolute atomic E-state index is 14.1. The van der Waals surface area contributed by atoms with Crippen LogP contribution in [0.2, 0.25) is 20.1 Å². The van der Waals surface area contributed by atoms with Crippen LogP contribution in [0.1, 0.15) is 43.0 Å². The Bertz CT molecular complexity index is 2880. The van der Waals surface area contributed by atoms with Crippen molar-refractivity contribution in [2.75, 3.05) is 16.4 Å². The van der Waals surface area contributed by atoms with Gasteiger partial charge in [0.1, 0.15) is 0 Å². The molecule has 0 aromatic heterocycles. The van der Waals surface area contributed by atoms with Crippen LogP contribution in [-0.4, -0.2) is 55.7 Å². The maximum atomic E-state index is 14.1. The Kier molecular flexibility index (Phi) is 21.4. The molecule has 0 heterocycles. The quantitative estimate of drug-likeness (QED) is 0.0316. The van der Waals surface area contributed by atoms with Crippen molar-refractivity contribution in [1.82, 2.24) is 0 Å². The van der Waals surface area contributed by atoms with Crippen molar-refractivity contribution in [3.05, 3.63) is 191 Å². The van der Waals surface area contributed by atoms with E-state index in [9.17, 15) is 56.3 Å². The van der Waals surface area contributed by atoms with E-state index in [0.717, 1.165) is 54.6 Å². The number of hydrogen-bond acceptors (Lipinski definition) is 7. The number of carbonyl (C=O) groups is 2. The van der Waals surface area contributed by atoms with Crippen molar-refractivity contribution in [3.8, 4) is 0 Å². The molecule has 0 spiro atoms. The molecule has 6 aromatic rings. The second-order valence-electron chi connectivity index (χ2n) is 14.0. The number of nitrogen functional groups attached to an aromatic ring is 1. The number of halogens is 17. The van der Waals surface area contributed by atoms with E-state index in [0.29, 0.717) is 5.69 Å². The standard InChI is InChI=1S/C21H11Br2Cl2F3N2O4.C21H13Br2Cl2F3N2O2.3ClH.Sn.H/c22-16-7-12(20(32,21(26,27)28)11-5-13(24)9-14(25)6-11)8-17(23)18(16)29-19(31)10-2-1-3-15(4-10)30(33)34;22-16-7-12(20(32,21(26,27)28)11-5-13(24)9-14(25)6-11)8-17(23)18(16)30-19(31)10-2-1-3-15(29)4-10;;;;;/h1-9,32H,(H,29,31);1-9,32H,29H2,(H,30,31);3*1H;;/q;;;;;+3;/p-3. The van der Waals surface area contributed by atoms with Crippen LogP contribution in [0.4, 0.5) is 49.1 Å². The average Bonchev–Trinajstić information content (AvgIpc) is 3.23. The van der Waals surface area contributed by atoms with Crippen LogP contribution < -0.4 is 16.4 Å². The molecule has 2 amide bonds. The Morgan fingerprint density at radius 2 is 0.857 bits per heavy atom. The van der Waals surface area contributed by atoms with Gasteiger partial charge >= 0.3 is 55.5 Å². The normalized spacial score (nSPS) is 13.1. The van der Waals surface area contributed by atoms with Crippen LogP contribution in [0.5, 0.6) is 0 Å². The molecule has 0 bridgehead atoms. The van der Waals surface area contributed by atoms with Crippen LogP contribution in [0, 0.1) is 10.1 Å². The SMILES string of the molecule is Nc1cccc(C(=O)Nc2c(Br)cc(C(O)(c3cc(Cl)cc(Cl)c3)C(F)(F)F)cc2Br)c1.O=C(Nc1c(Br)cc(C(O)(c2cc(Cl)cc(Cl)c2)C(F)(F)F)cc1Br)c1cccc([N+](=O)[O-])c1.[Cl][SnH]([Cl])[Cl]. The molecule has 372 valence electrons. The van der Waals surface area contributed by atoms with Crippen LogP contribution in [0.15, 0.2) is 127 Å². The molecule has 0 aliphatic carbocycles. The van der Waals surface area contributed by atoms with Crippen molar-refractivity contribution < 1.29 is 51.1 Å². The fourth-order valence-corrected chi connectivity index (χ4v) is 9.95. The topological polar surface area (TPSA) is 168 Å². The number of amides is 2. The third-order valence-corrected chi connectivity index (χ3v) is 12.6. The summed E-state index contributed by atoms with van der Waals surface area (Å²) in [7, 11) is 15.0. The molecule has 28 heteroatoms. The number of aliphatic hydroxyl groups is 2. The molecular weight excluding hydrogens is 1460 g/mol. The molecule has 2 atom stereocenters. The zero-order valence-corrected chi connectivity index (χ0v) is 48.9. The van der Waals surface area contributed by atoms with E-state index >= 15 is 0 Å². The van der Waals surface area contributed by atoms with Crippen LogP contribution in [0.25, 0.3) is 0 Å². The summed E-state index contributed by atoms with van der Waals surface area (Å²) in [6.45, 7) is 0. The van der Waals surface area contributed by atoms with Crippen LogP contribution in [0.3, 0.4) is 0 Å². The molecule has 0 saturated heterocycles. The summed E-state index contributed by atoms with van der Waals surface area (Å²) in [6, 6.07) is 21.5. The van der Waals surface area contributed by atoms with Gasteiger partial charge in [-0.15, -0.1) is 0 Å². The number of nitrogens with one attached hydrogen (secondary N) is 2. The van der Waals surface area contributed by atoms with Gasteiger partial charge < -0.3 is 26.6 Å². The third-order valence-electron chi connectivity index (χ3n) is 9.25. The molecule has 2 unspecified atom stereocenters.